The number of hydrogen-bond acceptors (Lipinski definition) is 3. The average molecular weight is 269 g/mol. The van der Waals surface area contributed by atoms with Gasteiger partial charge in [-0.15, -0.1) is 0 Å². The van der Waals surface area contributed by atoms with Gasteiger partial charge in [0.15, 0.2) is 0 Å². The minimum atomic E-state index is -0.792. The Balaban J connectivity index is 1.70. The van der Waals surface area contributed by atoms with Gasteiger partial charge in [-0.2, -0.15) is 0 Å². The highest BCUT2D eigenvalue weighted by atomic mass is 16.4. The predicted octanol–water partition coefficient (Wildman–Crippen LogP) is -0.182. The van der Waals surface area contributed by atoms with Crippen molar-refractivity contribution in [2.45, 2.75) is 44.2 Å². The maximum Gasteiger partial charge on any atom is 0.315 e. The lowest BCUT2D eigenvalue weighted by molar-refractivity contribution is -0.141. The summed E-state index contributed by atoms with van der Waals surface area (Å²) in [5.41, 5.74) is 0. The SMILES string of the molecule is O=C1CCC(NC(=O)NC2CCC(C(=O)O)C2)CN1. The third kappa shape index (κ3) is 3.84. The first-order chi connectivity index (χ1) is 9.04. The van der Waals surface area contributed by atoms with Gasteiger partial charge >= 0.3 is 12.0 Å². The van der Waals surface area contributed by atoms with E-state index in [-0.39, 0.29) is 29.9 Å². The van der Waals surface area contributed by atoms with E-state index in [1.165, 1.54) is 0 Å². The van der Waals surface area contributed by atoms with Crippen LogP contribution < -0.4 is 16.0 Å². The molecule has 1 heterocycles. The maximum absolute atomic E-state index is 11.7. The third-order valence-electron chi connectivity index (χ3n) is 3.72. The number of urea groups is 1. The first-order valence-corrected chi connectivity index (χ1v) is 6.61. The van der Waals surface area contributed by atoms with E-state index in [9.17, 15) is 14.4 Å². The summed E-state index contributed by atoms with van der Waals surface area (Å²) >= 11 is 0. The van der Waals surface area contributed by atoms with Gasteiger partial charge < -0.3 is 21.1 Å². The Kier molecular flexibility index (Phi) is 4.24. The van der Waals surface area contributed by atoms with Crippen LogP contribution in [0.5, 0.6) is 0 Å². The molecule has 0 aromatic rings. The fraction of sp³-hybridized carbons (Fsp3) is 0.750. The molecule has 2 rings (SSSR count). The summed E-state index contributed by atoms with van der Waals surface area (Å²) < 4.78 is 0. The number of rotatable bonds is 3. The topological polar surface area (TPSA) is 108 Å². The number of nitrogens with one attached hydrogen (secondary N) is 3. The Labute approximate surface area is 111 Å². The van der Waals surface area contributed by atoms with E-state index >= 15 is 0 Å². The molecule has 3 unspecified atom stereocenters. The van der Waals surface area contributed by atoms with E-state index in [4.69, 9.17) is 5.11 Å². The van der Waals surface area contributed by atoms with Gasteiger partial charge in [-0.3, -0.25) is 9.59 Å². The average Bonchev–Trinajstić information content (AvgIpc) is 2.80. The molecule has 2 aliphatic rings. The van der Waals surface area contributed by atoms with E-state index in [1.807, 2.05) is 0 Å². The molecule has 0 spiro atoms. The highest BCUT2D eigenvalue weighted by Crippen LogP contribution is 2.25. The molecule has 1 saturated carbocycles. The number of aliphatic carboxylic acids is 1. The molecule has 0 bridgehead atoms. The van der Waals surface area contributed by atoms with Crippen molar-refractivity contribution < 1.29 is 19.5 Å². The van der Waals surface area contributed by atoms with Crippen LogP contribution in [0.2, 0.25) is 0 Å². The minimum Gasteiger partial charge on any atom is -0.481 e. The van der Waals surface area contributed by atoms with Gasteiger partial charge in [0.2, 0.25) is 5.91 Å². The Morgan fingerprint density at radius 3 is 2.47 bits per heavy atom. The highest BCUT2D eigenvalue weighted by Gasteiger charge is 2.31. The lowest BCUT2D eigenvalue weighted by atomic mass is 10.1. The summed E-state index contributed by atoms with van der Waals surface area (Å²) in [6, 6.07) is -0.397. The molecule has 0 radical (unpaired) electrons. The summed E-state index contributed by atoms with van der Waals surface area (Å²) in [5.74, 6) is -1.13. The van der Waals surface area contributed by atoms with Crippen LogP contribution in [0.4, 0.5) is 4.79 Å². The molecule has 19 heavy (non-hydrogen) atoms. The molecular formula is C12H19N3O4. The smallest absolute Gasteiger partial charge is 0.315 e. The van der Waals surface area contributed by atoms with E-state index < -0.39 is 5.97 Å². The van der Waals surface area contributed by atoms with Crippen molar-refractivity contribution >= 4 is 17.9 Å². The van der Waals surface area contributed by atoms with Crippen LogP contribution in [-0.2, 0) is 9.59 Å². The second-order valence-corrected chi connectivity index (χ2v) is 5.20. The molecule has 1 aliphatic heterocycles. The zero-order valence-electron chi connectivity index (χ0n) is 10.6. The van der Waals surface area contributed by atoms with Crippen molar-refractivity contribution in [3.05, 3.63) is 0 Å². The molecule has 7 nitrogen and oxygen atoms in total. The Morgan fingerprint density at radius 2 is 1.89 bits per heavy atom. The van der Waals surface area contributed by atoms with Crippen LogP contribution in [0, 0.1) is 5.92 Å². The molecule has 3 atom stereocenters. The normalized spacial score (nSPS) is 30.5. The lowest BCUT2D eigenvalue weighted by Gasteiger charge is -2.24. The van der Waals surface area contributed by atoms with Crippen molar-refractivity contribution in [2.75, 3.05) is 6.54 Å². The molecule has 0 aromatic heterocycles. The second kappa shape index (κ2) is 5.90. The molecule has 2 fully saturated rings. The number of piperidine rings is 1. The van der Waals surface area contributed by atoms with Gasteiger partial charge in [0.05, 0.1) is 5.92 Å². The minimum absolute atomic E-state index is 0.0125. The molecule has 0 aromatic carbocycles. The van der Waals surface area contributed by atoms with Crippen molar-refractivity contribution in [1.82, 2.24) is 16.0 Å². The summed E-state index contributed by atoms with van der Waals surface area (Å²) in [6.45, 7) is 0.453. The van der Waals surface area contributed by atoms with E-state index in [0.29, 0.717) is 38.6 Å². The summed E-state index contributed by atoms with van der Waals surface area (Å²) in [4.78, 5) is 33.5. The Morgan fingerprint density at radius 1 is 1.16 bits per heavy atom. The van der Waals surface area contributed by atoms with Gasteiger partial charge in [0.1, 0.15) is 0 Å². The first-order valence-electron chi connectivity index (χ1n) is 6.61. The number of carboxylic acids is 1. The lowest BCUT2D eigenvalue weighted by Crippen LogP contribution is -2.52. The molecular weight excluding hydrogens is 250 g/mol. The van der Waals surface area contributed by atoms with Gasteiger partial charge in [-0.25, -0.2) is 4.79 Å². The van der Waals surface area contributed by atoms with Crippen LogP contribution in [0.25, 0.3) is 0 Å². The van der Waals surface area contributed by atoms with Gasteiger partial charge in [0.25, 0.3) is 0 Å². The second-order valence-electron chi connectivity index (χ2n) is 5.20. The number of hydrogen-bond donors (Lipinski definition) is 4. The molecule has 4 N–H and O–H groups in total. The number of amides is 3. The van der Waals surface area contributed by atoms with Crippen molar-refractivity contribution in [2.24, 2.45) is 5.92 Å². The molecule has 7 heteroatoms. The summed E-state index contributed by atoms with van der Waals surface area (Å²) in [7, 11) is 0. The Bertz CT molecular complexity index is 375. The maximum atomic E-state index is 11.7. The van der Waals surface area contributed by atoms with Crippen molar-refractivity contribution in [1.29, 1.82) is 0 Å². The first kappa shape index (κ1) is 13.6. The standard InChI is InChI=1S/C12H19N3O4/c16-10-4-3-9(6-13-10)15-12(19)14-8-2-1-7(5-8)11(17)18/h7-9H,1-6H2,(H,13,16)(H,17,18)(H2,14,15,19). The van der Waals surface area contributed by atoms with Crippen LogP contribution in [0.1, 0.15) is 32.1 Å². The summed E-state index contributed by atoms with van der Waals surface area (Å²) in [6.07, 6.45) is 2.87. The largest absolute Gasteiger partial charge is 0.481 e. The highest BCUT2D eigenvalue weighted by molar-refractivity contribution is 5.78. The van der Waals surface area contributed by atoms with Crippen LogP contribution >= 0.6 is 0 Å². The zero-order valence-corrected chi connectivity index (χ0v) is 10.6. The predicted molar refractivity (Wildman–Crippen MR) is 66.5 cm³/mol. The fourth-order valence-electron chi connectivity index (χ4n) is 2.61. The zero-order chi connectivity index (χ0) is 13.8. The quantitative estimate of drug-likeness (QED) is 0.570. The number of carboxylic acid groups (broad SMARTS) is 1. The molecule has 1 saturated heterocycles. The van der Waals surface area contributed by atoms with Gasteiger partial charge in [-0.1, -0.05) is 0 Å². The number of carbonyl (C=O) groups is 3. The fourth-order valence-corrected chi connectivity index (χ4v) is 2.61. The number of carbonyl (C=O) groups excluding carboxylic acids is 2. The monoisotopic (exact) mass is 269 g/mol. The van der Waals surface area contributed by atoms with E-state index in [2.05, 4.69) is 16.0 Å². The van der Waals surface area contributed by atoms with Gasteiger partial charge in [-0.05, 0) is 25.7 Å². The van der Waals surface area contributed by atoms with Crippen molar-refractivity contribution in [3.63, 3.8) is 0 Å². The van der Waals surface area contributed by atoms with Crippen LogP contribution in [-0.4, -0.2) is 41.6 Å². The Hall–Kier alpha value is -1.79. The summed E-state index contributed by atoms with van der Waals surface area (Å²) in [5, 5.41) is 17.2. The van der Waals surface area contributed by atoms with Crippen LogP contribution in [0.3, 0.4) is 0 Å². The van der Waals surface area contributed by atoms with Crippen LogP contribution in [0.15, 0.2) is 0 Å². The van der Waals surface area contributed by atoms with E-state index in [0.717, 1.165) is 0 Å². The van der Waals surface area contributed by atoms with Crippen molar-refractivity contribution in [3.8, 4) is 0 Å². The third-order valence-corrected chi connectivity index (χ3v) is 3.72. The van der Waals surface area contributed by atoms with Gasteiger partial charge in [0, 0.05) is 25.0 Å². The van der Waals surface area contributed by atoms with E-state index in [1.54, 1.807) is 0 Å². The molecule has 3 amide bonds. The molecule has 106 valence electrons. The molecule has 1 aliphatic carbocycles.